The standard InChI is InChI=1S/C14H18Br2N2O.ClH/c15-10-5-9-7-18(8-17-14(9)13(16)6-10)11-1-3-12(19)4-2-11;/h5-6,11-12,17,19H,1-4,7-8H2;1H. The first-order valence-electron chi connectivity index (χ1n) is 6.77. The van der Waals surface area contributed by atoms with Crippen LogP contribution in [0.5, 0.6) is 0 Å². The van der Waals surface area contributed by atoms with Gasteiger partial charge in [0.15, 0.2) is 0 Å². The Hall–Kier alpha value is 0.190. The molecule has 3 rings (SSSR count). The highest BCUT2D eigenvalue weighted by Gasteiger charge is 2.28. The van der Waals surface area contributed by atoms with Crippen LogP contribution in [-0.2, 0) is 6.54 Å². The third kappa shape index (κ3) is 3.50. The largest absolute Gasteiger partial charge is 0.393 e. The molecule has 6 heteroatoms. The van der Waals surface area contributed by atoms with Crippen molar-refractivity contribution in [3.63, 3.8) is 0 Å². The number of hydrogen-bond donors (Lipinski definition) is 2. The molecular formula is C14H19Br2ClN2O. The zero-order valence-corrected chi connectivity index (χ0v) is 15.1. The molecule has 0 radical (unpaired) electrons. The van der Waals surface area contributed by atoms with Crippen LogP contribution < -0.4 is 5.32 Å². The van der Waals surface area contributed by atoms with Crippen molar-refractivity contribution in [2.45, 2.75) is 44.4 Å². The molecule has 0 saturated heterocycles. The van der Waals surface area contributed by atoms with Gasteiger partial charge in [0.1, 0.15) is 0 Å². The van der Waals surface area contributed by atoms with E-state index in [1.807, 2.05) is 0 Å². The van der Waals surface area contributed by atoms with Crippen LogP contribution >= 0.6 is 44.3 Å². The number of aliphatic hydroxyl groups is 1. The minimum atomic E-state index is -0.0791. The molecule has 3 nitrogen and oxygen atoms in total. The van der Waals surface area contributed by atoms with Crippen LogP contribution in [0.3, 0.4) is 0 Å². The highest BCUT2D eigenvalue weighted by Crippen LogP contribution is 2.35. The van der Waals surface area contributed by atoms with E-state index in [2.05, 4.69) is 54.2 Å². The maximum atomic E-state index is 9.61. The molecule has 1 aromatic carbocycles. The smallest absolute Gasteiger partial charge is 0.0684 e. The molecule has 1 aliphatic heterocycles. The molecule has 0 amide bonds. The van der Waals surface area contributed by atoms with Crippen LogP contribution in [0.15, 0.2) is 21.1 Å². The summed E-state index contributed by atoms with van der Waals surface area (Å²) in [6.07, 6.45) is 4.01. The van der Waals surface area contributed by atoms with Crippen molar-refractivity contribution < 1.29 is 5.11 Å². The number of benzene rings is 1. The van der Waals surface area contributed by atoms with Crippen molar-refractivity contribution in [1.29, 1.82) is 0 Å². The Bertz CT molecular complexity index is 478. The van der Waals surface area contributed by atoms with Gasteiger partial charge in [0.25, 0.3) is 0 Å². The van der Waals surface area contributed by atoms with Crippen LogP contribution in [0.2, 0.25) is 0 Å². The SMILES string of the molecule is Cl.OC1CCC(N2CNc3c(Br)cc(Br)cc3C2)CC1. The summed E-state index contributed by atoms with van der Waals surface area (Å²) in [7, 11) is 0. The average Bonchev–Trinajstić information content (AvgIpc) is 2.38. The summed E-state index contributed by atoms with van der Waals surface area (Å²) in [5, 5.41) is 13.1. The highest BCUT2D eigenvalue weighted by molar-refractivity contribution is 9.11. The van der Waals surface area contributed by atoms with Crippen LogP contribution in [0.4, 0.5) is 5.69 Å². The third-order valence-corrected chi connectivity index (χ3v) is 5.23. The molecule has 0 bridgehead atoms. The van der Waals surface area contributed by atoms with Crippen molar-refractivity contribution in [2.24, 2.45) is 0 Å². The zero-order valence-electron chi connectivity index (χ0n) is 11.1. The number of nitrogens with zero attached hydrogens (tertiary/aromatic N) is 1. The Balaban J connectivity index is 0.00000147. The van der Waals surface area contributed by atoms with Gasteiger partial charge in [-0.3, -0.25) is 4.90 Å². The molecule has 112 valence electrons. The minimum Gasteiger partial charge on any atom is -0.393 e. The van der Waals surface area contributed by atoms with E-state index >= 15 is 0 Å². The van der Waals surface area contributed by atoms with Gasteiger partial charge in [-0.1, -0.05) is 15.9 Å². The minimum absolute atomic E-state index is 0. The van der Waals surface area contributed by atoms with Gasteiger partial charge in [-0.2, -0.15) is 0 Å². The summed E-state index contributed by atoms with van der Waals surface area (Å²) in [5.41, 5.74) is 2.55. The fourth-order valence-corrected chi connectivity index (χ4v) is 4.54. The van der Waals surface area contributed by atoms with E-state index in [-0.39, 0.29) is 18.5 Å². The molecule has 2 N–H and O–H groups in total. The maximum absolute atomic E-state index is 9.61. The number of hydrogen-bond acceptors (Lipinski definition) is 3. The van der Waals surface area contributed by atoms with Crippen LogP contribution in [0.25, 0.3) is 0 Å². The Morgan fingerprint density at radius 3 is 2.55 bits per heavy atom. The van der Waals surface area contributed by atoms with Gasteiger partial charge >= 0.3 is 0 Å². The fourth-order valence-electron chi connectivity index (χ4n) is 3.09. The van der Waals surface area contributed by atoms with Gasteiger partial charge in [-0.25, -0.2) is 0 Å². The fraction of sp³-hybridized carbons (Fsp3) is 0.571. The molecule has 1 aromatic rings. The van der Waals surface area contributed by atoms with Crippen molar-refractivity contribution in [1.82, 2.24) is 4.90 Å². The van der Waals surface area contributed by atoms with Crippen molar-refractivity contribution >= 4 is 50.0 Å². The molecule has 1 fully saturated rings. The van der Waals surface area contributed by atoms with E-state index in [1.54, 1.807) is 0 Å². The molecule has 1 aliphatic carbocycles. The summed E-state index contributed by atoms with van der Waals surface area (Å²) in [4.78, 5) is 2.49. The van der Waals surface area contributed by atoms with Crippen molar-refractivity contribution in [2.75, 3.05) is 12.0 Å². The lowest BCUT2D eigenvalue weighted by Gasteiger charge is -2.39. The Labute approximate surface area is 142 Å². The van der Waals surface area contributed by atoms with Crippen LogP contribution in [0.1, 0.15) is 31.2 Å². The van der Waals surface area contributed by atoms with E-state index in [4.69, 9.17) is 0 Å². The van der Waals surface area contributed by atoms with E-state index in [1.165, 1.54) is 11.3 Å². The molecule has 1 heterocycles. The van der Waals surface area contributed by atoms with E-state index < -0.39 is 0 Å². The number of halogens is 3. The van der Waals surface area contributed by atoms with Crippen molar-refractivity contribution in [3.05, 3.63) is 26.6 Å². The number of aliphatic hydroxyl groups excluding tert-OH is 1. The number of anilines is 1. The Morgan fingerprint density at radius 1 is 1.15 bits per heavy atom. The highest BCUT2D eigenvalue weighted by atomic mass is 79.9. The van der Waals surface area contributed by atoms with Gasteiger partial charge in [-0.05, 0) is 59.3 Å². The molecule has 2 aliphatic rings. The molecule has 0 spiro atoms. The van der Waals surface area contributed by atoms with Gasteiger partial charge in [0.2, 0.25) is 0 Å². The average molecular weight is 427 g/mol. The zero-order chi connectivity index (χ0) is 13.4. The monoisotopic (exact) mass is 424 g/mol. The number of fused-ring (bicyclic) bond motifs is 1. The van der Waals surface area contributed by atoms with Crippen molar-refractivity contribution in [3.8, 4) is 0 Å². The van der Waals surface area contributed by atoms with Gasteiger partial charge in [-0.15, -0.1) is 12.4 Å². The van der Waals surface area contributed by atoms with Gasteiger partial charge in [0, 0.05) is 21.5 Å². The molecule has 0 atom stereocenters. The van der Waals surface area contributed by atoms with E-state index in [0.29, 0.717) is 6.04 Å². The Kier molecular flexibility index (Phi) is 5.77. The van der Waals surface area contributed by atoms with Gasteiger partial charge < -0.3 is 10.4 Å². The lowest BCUT2D eigenvalue weighted by molar-refractivity contribution is 0.0721. The van der Waals surface area contributed by atoms with E-state index in [9.17, 15) is 5.11 Å². The second kappa shape index (κ2) is 6.97. The first-order valence-corrected chi connectivity index (χ1v) is 8.36. The normalized spacial score (nSPS) is 26.4. The van der Waals surface area contributed by atoms with Gasteiger partial charge in [0.05, 0.1) is 18.5 Å². The first kappa shape index (κ1) is 16.6. The first-order chi connectivity index (χ1) is 9.13. The number of rotatable bonds is 1. The maximum Gasteiger partial charge on any atom is 0.0684 e. The quantitative estimate of drug-likeness (QED) is 0.709. The molecular weight excluding hydrogens is 407 g/mol. The van der Waals surface area contributed by atoms with Crippen LogP contribution in [-0.4, -0.2) is 28.8 Å². The topological polar surface area (TPSA) is 35.5 Å². The second-order valence-corrected chi connectivity index (χ2v) is 7.24. The van der Waals surface area contributed by atoms with Crippen LogP contribution in [0, 0.1) is 0 Å². The summed E-state index contributed by atoms with van der Waals surface area (Å²) in [6.45, 7) is 1.88. The molecule has 20 heavy (non-hydrogen) atoms. The summed E-state index contributed by atoms with van der Waals surface area (Å²) >= 11 is 7.17. The number of nitrogens with one attached hydrogen (secondary N) is 1. The molecule has 0 unspecified atom stereocenters. The third-order valence-electron chi connectivity index (χ3n) is 4.15. The lowest BCUT2D eigenvalue weighted by atomic mass is 9.91. The summed E-state index contributed by atoms with van der Waals surface area (Å²) in [5.74, 6) is 0. The summed E-state index contributed by atoms with van der Waals surface area (Å²) < 4.78 is 2.23. The Morgan fingerprint density at radius 2 is 1.85 bits per heavy atom. The predicted molar refractivity (Wildman–Crippen MR) is 91.4 cm³/mol. The molecule has 1 saturated carbocycles. The predicted octanol–water partition coefficient (Wildman–Crippen LogP) is 4.12. The molecule has 0 aromatic heterocycles. The lowest BCUT2D eigenvalue weighted by Crippen LogP contribution is -2.43. The summed E-state index contributed by atoms with van der Waals surface area (Å²) in [6, 6.07) is 4.87. The second-order valence-electron chi connectivity index (χ2n) is 5.47. The van der Waals surface area contributed by atoms with E-state index in [0.717, 1.165) is 47.8 Å².